The number of amides is 1. The molecule has 2 aromatic carbocycles. The maximum absolute atomic E-state index is 12.8. The van der Waals surface area contributed by atoms with E-state index in [1.807, 2.05) is 0 Å². The molecule has 21 heavy (non-hydrogen) atoms. The van der Waals surface area contributed by atoms with Gasteiger partial charge in [-0.2, -0.15) is 8.42 Å². The topological polar surface area (TPSA) is 63.2 Å². The van der Waals surface area contributed by atoms with E-state index in [9.17, 15) is 21.5 Å². The Balaban J connectivity index is 2.08. The van der Waals surface area contributed by atoms with Crippen molar-refractivity contribution in [2.24, 2.45) is 0 Å². The number of hydrogen-bond donors (Lipinski definition) is 1. The third kappa shape index (κ3) is 4.35. The zero-order valence-electron chi connectivity index (χ0n) is 10.7. The third-order valence-corrected chi connectivity index (χ3v) is 3.49. The molecule has 0 bridgehead atoms. The van der Waals surface area contributed by atoms with Gasteiger partial charge in [-0.3, -0.25) is 4.79 Å². The van der Waals surface area contributed by atoms with Crippen LogP contribution in [0.5, 0.6) is 0 Å². The van der Waals surface area contributed by atoms with E-state index in [0.717, 1.165) is 12.1 Å². The van der Waals surface area contributed by atoms with E-state index in [0.29, 0.717) is 5.56 Å². The molecule has 1 amide bonds. The molecule has 1 N–H and O–H groups in total. The summed E-state index contributed by atoms with van der Waals surface area (Å²) >= 11 is 0. The number of benzene rings is 2. The fraction of sp³-hybridized carbons (Fsp3) is 0.0714. The van der Waals surface area contributed by atoms with E-state index >= 15 is 0 Å². The number of rotatable bonds is 4. The molecular formula is C14H11F2NO3S. The minimum atomic E-state index is -4.82. The zero-order valence-corrected chi connectivity index (χ0v) is 11.5. The Labute approximate surface area is 120 Å². The highest BCUT2D eigenvalue weighted by atomic mass is 32.3. The molecule has 0 fully saturated rings. The molecular weight excluding hydrogens is 300 g/mol. The molecule has 7 heteroatoms. The van der Waals surface area contributed by atoms with Crippen LogP contribution in [0.2, 0.25) is 0 Å². The summed E-state index contributed by atoms with van der Waals surface area (Å²) in [4.78, 5) is 11.3. The van der Waals surface area contributed by atoms with Crippen LogP contribution in [0.25, 0.3) is 0 Å². The Morgan fingerprint density at radius 3 is 2.38 bits per heavy atom. The molecule has 0 atom stereocenters. The highest BCUT2D eigenvalue weighted by Gasteiger charge is 2.13. The van der Waals surface area contributed by atoms with Gasteiger partial charge in [0.25, 0.3) is 0 Å². The summed E-state index contributed by atoms with van der Waals surface area (Å²) in [5.41, 5.74) is 0.768. The van der Waals surface area contributed by atoms with Crippen molar-refractivity contribution in [1.29, 1.82) is 0 Å². The van der Waals surface area contributed by atoms with Crippen LogP contribution in [-0.4, -0.2) is 14.3 Å². The largest absolute Gasteiger partial charge is 0.332 e. The van der Waals surface area contributed by atoms with Crippen LogP contribution in [0.4, 0.5) is 14.0 Å². The minimum Gasteiger partial charge on any atom is -0.326 e. The van der Waals surface area contributed by atoms with Gasteiger partial charge >= 0.3 is 10.2 Å². The van der Waals surface area contributed by atoms with E-state index in [-0.39, 0.29) is 12.1 Å². The Kier molecular flexibility index (Phi) is 4.32. The quantitative estimate of drug-likeness (QED) is 0.883. The summed E-state index contributed by atoms with van der Waals surface area (Å²) in [6.07, 6.45) is -0.00706. The maximum Gasteiger partial charge on any atom is 0.332 e. The van der Waals surface area contributed by atoms with Crippen molar-refractivity contribution in [2.45, 2.75) is 11.3 Å². The second-order valence-electron chi connectivity index (χ2n) is 4.32. The van der Waals surface area contributed by atoms with Gasteiger partial charge in [-0.15, -0.1) is 3.89 Å². The van der Waals surface area contributed by atoms with Crippen molar-refractivity contribution in [3.8, 4) is 0 Å². The summed E-state index contributed by atoms with van der Waals surface area (Å²) in [6.45, 7) is 0. The molecule has 0 saturated carbocycles. The second kappa shape index (κ2) is 6.01. The Morgan fingerprint density at radius 2 is 1.76 bits per heavy atom. The Bertz CT molecular complexity index is 758. The van der Waals surface area contributed by atoms with Gasteiger partial charge in [-0.1, -0.05) is 18.2 Å². The Hall–Kier alpha value is -2.28. The molecule has 0 unspecified atom stereocenters. The minimum absolute atomic E-state index is 0.00706. The molecule has 4 nitrogen and oxygen atoms in total. The van der Waals surface area contributed by atoms with Gasteiger partial charge in [0.05, 0.1) is 6.42 Å². The molecule has 0 aromatic heterocycles. The van der Waals surface area contributed by atoms with Crippen LogP contribution >= 0.6 is 0 Å². The molecule has 0 aliphatic rings. The number of nitrogens with one attached hydrogen (secondary N) is 1. The number of anilines is 1. The Morgan fingerprint density at radius 1 is 1.10 bits per heavy atom. The normalized spacial score (nSPS) is 11.1. The van der Waals surface area contributed by atoms with Crippen molar-refractivity contribution in [1.82, 2.24) is 0 Å². The lowest BCUT2D eigenvalue weighted by atomic mass is 10.1. The van der Waals surface area contributed by atoms with Gasteiger partial charge in [0, 0.05) is 5.69 Å². The molecule has 0 aliphatic heterocycles. The monoisotopic (exact) mass is 311 g/mol. The molecule has 0 radical (unpaired) electrons. The molecule has 0 aliphatic carbocycles. The highest BCUT2D eigenvalue weighted by Crippen LogP contribution is 2.17. The number of carbonyl (C=O) groups excluding carboxylic acids is 1. The predicted molar refractivity (Wildman–Crippen MR) is 73.5 cm³/mol. The van der Waals surface area contributed by atoms with Gasteiger partial charge in [0.2, 0.25) is 5.91 Å². The number of hydrogen-bond acceptors (Lipinski definition) is 3. The smallest absolute Gasteiger partial charge is 0.326 e. The first kappa shape index (κ1) is 15.1. The molecule has 0 saturated heterocycles. The molecule has 110 valence electrons. The average molecular weight is 311 g/mol. The van der Waals surface area contributed by atoms with E-state index in [1.165, 1.54) is 36.4 Å². The number of carbonyl (C=O) groups is 1. The summed E-state index contributed by atoms with van der Waals surface area (Å²) in [7, 11) is -4.82. The predicted octanol–water partition coefficient (Wildman–Crippen LogP) is 2.67. The van der Waals surface area contributed by atoms with Crippen LogP contribution < -0.4 is 5.32 Å². The van der Waals surface area contributed by atoms with E-state index in [4.69, 9.17) is 0 Å². The van der Waals surface area contributed by atoms with E-state index in [1.54, 1.807) is 0 Å². The summed E-state index contributed by atoms with van der Waals surface area (Å²) < 4.78 is 47.1. The van der Waals surface area contributed by atoms with Crippen molar-refractivity contribution in [3.63, 3.8) is 0 Å². The van der Waals surface area contributed by atoms with Crippen LogP contribution in [0.15, 0.2) is 53.4 Å². The molecule has 0 spiro atoms. The zero-order chi connectivity index (χ0) is 15.5. The van der Waals surface area contributed by atoms with Gasteiger partial charge in [-0.05, 0) is 35.9 Å². The average Bonchev–Trinajstić information content (AvgIpc) is 2.41. The third-order valence-electron chi connectivity index (χ3n) is 2.68. The lowest BCUT2D eigenvalue weighted by molar-refractivity contribution is -0.115. The number of halogens is 2. The lowest BCUT2D eigenvalue weighted by Crippen LogP contribution is -2.14. The fourth-order valence-electron chi connectivity index (χ4n) is 1.72. The van der Waals surface area contributed by atoms with Crippen LogP contribution in [0.3, 0.4) is 0 Å². The second-order valence-corrected chi connectivity index (χ2v) is 5.66. The van der Waals surface area contributed by atoms with Gasteiger partial charge in [-0.25, -0.2) is 4.39 Å². The van der Waals surface area contributed by atoms with Gasteiger partial charge < -0.3 is 5.32 Å². The van der Waals surface area contributed by atoms with Crippen molar-refractivity contribution < 1.29 is 21.5 Å². The maximum atomic E-state index is 12.8. The summed E-state index contributed by atoms with van der Waals surface area (Å²) in [5.74, 6) is -0.824. The van der Waals surface area contributed by atoms with Crippen LogP contribution in [0.1, 0.15) is 5.56 Å². The SMILES string of the molecule is O=C(Cc1ccc(F)cc1)Nc1cccc(S(=O)(=O)F)c1. The first-order valence-electron chi connectivity index (χ1n) is 5.93. The van der Waals surface area contributed by atoms with E-state index in [2.05, 4.69) is 5.32 Å². The molecule has 2 aromatic rings. The van der Waals surface area contributed by atoms with Crippen molar-refractivity contribution in [3.05, 3.63) is 59.9 Å². The first-order valence-corrected chi connectivity index (χ1v) is 7.32. The van der Waals surface area contributed by atoms with E-state index < -0.39 is 26.8 Å². The van der Waals surface area contributed by atoms with Gasteiger partial charge in [0.15, 0.2) is 0 Å². The van der Waals surface area contributed by atoms with Gasteiger partial charge in [0.1, 0.15) is 10.7 Å². The van der Waals surface area contributed by atoms with Crippen molar-refractivity contribution >= 4 is 21.8 Å². The standard InChI is InChI=1S/C14H11F2NO3S/c15-11-6-4-10(5-7-11)8-14(18)17-12-2-1-3-13(9-12)21(16,19)20/h1-7,9H,8H2,(H,17,18). The molecule has 2 rings (SSSR count). The first-order chi connectivity index (χ1) is 9.84. The summed E-state index contributed by atoms with van der Waals surface area (Å²) in [5, 5.41) is 2.45. The fourth-order valence-corrected chi connectivity index (χ4v) is 2.23. The van der Waals surface area contributed by atoms with Crippen LogP contribution in [-0.2, 0) is 21.4 Å². The highest BCUT2D eigenvalue weighted by molar-refractivity contribution is 7.86. The lowest BCUT2D eigenvalue weighted by Gasteiger charge is -2.06. The summed E-state index contributed by atoms with van der Waals surface area (Å²) in [6, 6.07) is 10.3. The molecule has 0 heterocycles. The van der Waals surface area contributed by atoms with Crippen molar-refractivity contribution in [2.75, 3.05) is 5.32 Å². The van der Waals surface area contributed by atoms with Crippen LogP contribution in [0, 0.1) is 5.82 Å².